The number of hydrogen-bond donors (Lipinski definition) is 0. The Morgan fingerprint density at radius 1 is 1.50 bits per heavy atom. The Hall–Kier alpha value is -1.82. The van der Waals surface area contributed by atoms with E-state index in [-0.39, 0.29) is 0 Å². The molecule has 3 nitrogen and oxygen atoms in total. The van der Waals surface area contributed by atoms with Gasteiger partial charge in [-0.2, -0.15) is 0 Å². The van der Waals surface area contributed by atoms with Gasteiger partial charge in [0.1, 0.15) is 0 Å². The van der Waals surface area contributed by atoms with Crippen molar-refractivity contribution in [3.05, 3.63) is 30.5 Å². The summed E-state index contributed by atoms with van der Waals surface area (Å²) in [5.41, 5.74) is 1.86. The SMILES string of the molecule is C#CCc1cnc2cnccn12. The second-order valence-corrected chi connectivity index (χ2v) is 2.43. The lowest BCUT2D eigenvalue weighted by atomic mass is 10.3. The summed E-state index contributed by atoms with van der Waals surface area (Å²) in [6.45, 7) is 0. The van der Waals surface area contributed by atoms with Crippen LogP contribution in [-0.2, 0) is 6.42 Å². The van der Waals surface area contributed by atoms with Crippen LogP contribution >= 0.6 is 0 Å². The molecule has 0 unspecified atom stereocenters. The molecule has 0 radical (unpaired) electrons. The highest BCUT2D eigenvalue weighted by Gasteiger charge is 1.99. The molecule has 2 aromatic heterocycles. The molecule has 0 saturated carbocycles. The lowest BCUT2D eigenvalue weighted by Gasteiger charge is -1.94. The minimum atomic E-state index is 0.602. The molecule has 0 bridgehead atoms. The summed E-state index contributed by atoms with van der Waals surface area (Å²) in [4.78, 5) is 8.09. The average molecular weight is 157 g/mol. The molecule has 0 atom stereocenters. The monoisotopic (exact) mass is 157 g/mol. The topological polar surface area (TPSA) is 30.2 Å². The van der Waals surface area contributed by atoms with Crippen molar-refractivity contribution in [1.82, 2.24) is 14.4 Å². The summed E-state index contributed by atoms with van der Waals surface area (Å²) >= 11 is 0. The number of hydrogen-bond acceptors (Lipinski definition) is 2. The van der Waals surface area contributed by atoms with E-state index in [0.717, 1.165) is 11.3 Å². The van der Waals surface area contributed by atoms with Gasteiger partial charge < -0.3 is 4.40 Å². The van der Waals surface area contributed by atoms with E-state index in [2.05, 4.69) is 15.9 Å². The molecule has 0 aromatic carbocycles. The van der Waals surface area contributed by atoms with Crippen molar-refractivity contribution in [1.29, 1.82) is 0 Å². The molecule has 0 aliphatic rings. The van der Waals surface area contributed by atoms with Gasteiger partial charge in [0.05, 0.1) is 24.5 Å². The van der Waals surface area contributed by atoms with Gasteiger partial charge in [-0.1, -0.05) is 0 Å². The predicted molar refractivity (Wildman–Crippen MR) is 45.5 cm³/mol. The predicted octanol–water partition coefficient (Wildman–Crippen LogP) is 0.905. The molecule has 2 rings (SSSR count). The van der Waals surface area contributed by atoms with Crippen LogP contribution in [0.25, 0.3) is 5.65 Å². The summed E-state index contributed by atoms with van der Waals surface area (Å²) in [5, 5.41) is 0. The van der Waals surface area contributed by atoms with Crippen molar-refractivity contribution < 1.29 is 0 Å². The summed E-state index contributed by atoms with van der Waals surface area (Å²) < 4.78 is 1.94. The number of terminal acetylenes is 1. The number of aromatic nitrogens is 3. The maximum Gasteiger partial charge on any atom is 0.155 e. The van der Waals surface area contributed by atoms with Gasteiger partial charge in [0, 0.05) is 12.4 Å². The molecule has 2 aromatic rings. The number of rotatable bonds is 1. The van der Waals surface area contributed by atoms with Crippen LogP contribution in [0.1, 0.15) is 5.69 Å². The molecule has 0 N–H and O–H groups in total. The van der Waals surface area contributed by atoms with Gasteiger partial charge in [-0.15, -0.1) is 12.3 Å². The van der Waals surface area contributed by atoms with Gasteiger partial charge in [-0.05, 0) is 0 Å². The third kappa shape index (κ3) is 0.940. The van der Waals surface area contributed by atoms with Crippen molar-refractivity contribution in [3.63, 3.8) is 0 Å². The zero-order valence-corrected chi connectivity index (χ0v) is 6.44. The quantitative estimate of drug-likeness (QED) is 0.576. The minimum Gasteiger partial charge on any atom is -0.300 e. The zero-order valence-electron chi connectivity index (χ0n) is 6.44. The summed E-state index contributed by atoms with van der Waals surface area (Å²) in [6.07, 6.45) is 12.9. The van der Waals surface area contributed by atoms with E-state index >= 15 is 0 Å². The van der Waals surface area contributed by atoms with Gasteiger partial charge in [0.15, 0.2) is 5.65 Å². The summed E-state index contributed by atoms with van der Waals surface area (Å²) in [6, 6.07) is 0. The molecule has 12 heavy (non-hydrogen) atoms. The molecule has 0 aliphatic heterocycles. The maximum atomic E-state index is 5.20. The minimum absolute atomic E-state index is 0.602. The third-order valence-corrected chi connectivity index (χ3v) is 1.68. The standard InChI is InChI=1S/C9H7N3/c1-2-3-8-6-11-9-7-10-4-5-12(8)9/h1,4-7H,3H2. The Kier molecular flexibility index (Phi) is 1.52. The molecule has 0 saturated heterocycles. The molecule has 0 amide bonds. The summed E-state index contributed by atoms with van der Waals surface area (Å²) in [5.74, 6) is 2.58. The molecular formula is C9H7N3. The van der Waals surface area contributed by atoms with E-state index in [1.807, 2.05) is 10.6 Å². The Bertz CT molecular complexity index is 436. The van der Waals surface area contributed by atoms with Gasteiger partial charge in [-0.25, -0.2) is 4.98 Å². The van der Waals surface area contributed by atoms with Crippen LogP contribution in [0.2, 0.25) is 0 Å². The zero-order chi connectivity index (χ0) is 8.39. The van der Waals surface area contributed by atoms with E-state index in [1.54, 1.807) is 18.6 Å². The van der Waals surface area contributed by atoms with Crippen LogP contribution in [0.15, 0.2) is 24.8 Å². The van der Waals surface area contributed by atoms with Crippen LogP contribution in [0, 0.1) is 12.3 Å². The highest BCUT2D eigenvalue weighted by atomic mass is 15.0. The molecule has 0 fully saturated rings. The van der Waals surface area contributed by atoms with Gasteiger partial charge in [0.2, 0.25) is 0 Å². The van der Waals surface area contributed by atoms with Gasteiger partial charge >= 0.3 is 0 Å². The first-order chi connectivity index (χ1) is 5.92. The van der Waals surface area contributed by atoms with Crippen LogP contribution in [0.4, 0.5) is 0 Å². The van der Waals surface area contributed by atoms with Crippen LogP contribution in [-0.4, -0.2) is 14.4 Å². The van der Waals surface area contributed by atoms with E-state index in [0.29, 0.717) is 6.42 Å². The first kappa shape index (κ1) is 6.86. The van der Waals surface area contributed by atoms with Gasteiger partial charge in [-0.3, -0.25) is 4.98 Å². The number of nitrogens with zero attached hydrogens (tertiary/aromatic N) is 3. The van der Waals surface area contributed by atoms with E-state index in [1.165, 1.54) is 0 Å². The summed E-state index contributed by atoms with van der Waals surface area (Å²) in [7, 11) is 0. The maximum absolute atomic E-state index is 5.20. The van der Waals surface area contributed by atoms with Crippen molar-refractivity contribution in [2.75, 3.05) is 0 Å². The number of fused-ring (bicyclic) bond motifs is 1. The van der Waals surface area contributed by atoms with Crippen LogP contribution in [0.5, 0.6) is 0 Å². The number of imidazole rings is 1. The van der Waals surface area contributed by atoms with E-state index in [4.69, 9.17) is 6.42 Å². The normalized spacial score (nSPS) is 9.92. The molecule has 2 heterocycles. The highest BCUT2D eigenvalue weighted by molar-refractivity contribution is 5.37. The first-order valence-electron chi connectivity index (χ1n) is 3.61. The first-order valence-corrected chi connectivity index (χ1v) is 3.61. The fraction of sp³-hybridized carbons (Fsp3) is 0.111. The van der Waals surface area contributed by atoms with Gasteiger partial charge in [0.25, 0.3) is 0 Å². The highest BCUT2D eigenvalue weighted by Crippen LogP contribution is 2.04. The molecule has 58 valence electrons. The van der Waals surface area contributed by atoms with Crippen molar-refractivity contribution in [3.8, 4) is 12.3 Å². The lowest BCUT2D eigenvalue weighted by Crippen LogP contribution is -1.90. The molecule has 0 spiro atoms. The second kappa shape index (κ2) is 2.67. The fourth-order valence-electron chi connectivity index (χ4n) is 1.13. The Morgan fingerprint density at radius 2 is 2.42 bits per heavy atom. The molecule has 0 aliphatic carbocycles. The Labute approximate surface area is 70.1 Å². The van der Waals surface area contributed by atoms with E-state index in [9.17, 15) is 0 Å². The largest absolute Gasteiger partial charge is 0.300 e. The Morgan fingerprint density at radius 3 is 3.25 bits per heavy atom. The Balaban J connectivity index is 2.64. The average Bonchev–Trinajstić information content (AvgIpc) is 2.50. The van der Waals surface area contributed by atoms with Crippen LogP contribution in [0.3, 0.4) is 0 Å². The van der Waals surface area contributed by atoms with Crippen molar-refractivity contribution >= 4 is 5.65 Å². The third-order valence-electron chi connectivity index (χ3n) is 1.68. The molecule has 3 heteroatoms. The van der Waals surface area contributed by atoms with Crippen molar-refractivity contribution in [2.24, 2.45) is 0 Å². The smallest absolute Gasteiger partial charge is 0.155 e. The fourth-order valence-corrected chi connectivity index (χ4v) is 1.13. The van der Waals surface area contributed by atoms with Crippen molar-refractivity contribution in [2.45, 2.75) is 6.42 Å². The van der Waals surface area contributed by atoms with Crippen LogP contribution < -0.4 is 0 Å². The second-order valence-electron chi connectivity index (χ2n) is 2.43. The molecular weight excluding hydrogens is 150 g/mol. The lowest BCUT2D eigenvalue weighted by molar-refractivity contribution is 1.04. The van der Waals surface area contributed by atoms with E-state index < -0.39 is 0 Å².